The Morgan fingerprint density at radius 2 is 1.24 bits per heavy atom. The molecular weight excluding hydrogens is 304 g/mol. The van der Waals surface area contributed by atoms with Gasteiger partial charge in [-0.15, -0.1) is 0 Å². The van der Waals surface area contributed by atoms with Crippen molar-refractivity contribution in [3.8, 4) is 0 Å². The third-order valence-electron chi connectivity index (χ3n) is 3.18. The number of hydrogen-bond donors (Lipinski definition) is 2. The summed E-state index contributed by atoms with van der Waals surface area (Å²) in [7, 11) is 0. The van der Waals surface area contributed by atoms with Crippen LogP contribution in [0.25, 0.3) is 0 Å². The van der Waals surface area contributed by atoms with Gasteiger partial charge in [-0.3, -0.25) is 0 Å². The van der Waals surface area contributed by atoms with Gasteiger partial charge in [-0.05, 0) is 63.4 Å². The van der Waals surface area contributed by atoms with Crippen LogP contribution in [0.3, 0.4) is 0 Å². The van der Waals surface area contributed by atoms with Gasteiger partial charge >= 0.3 is 17.1 Å². The molecule has 10 radical (unpaired) electrons. The molecule has 0 heterocycles. The van der Waals surface area contributed by atoms with E-state index in [9.17, 15) is 10.2 Å². The van der Waals surface area contributed by atoms with E-state index in [0.717, 1.165) is 5.92 Å². The van der Waals surface area contributed by atoms with Crippen LogP contribution in [0.4, 0.5) is 0 Å². The summed E-state index contributed by atoms with van der Waals surface area (Å²) in [6.07, 6.45) is 17.3. The van der Waals surface area contributed by atoms with Crippen molar-refractivity contribution in [2.45, 2.75) is 5.60 Å². The molecule has 21 heavy (non-hydrogen) atoms. The van der Waals surface area contributed by atoms with Gasteiger partial charge in [0.25, 0.3) is 0 Å². The van der Waals surface area contributed by atoms with Gasteiger partial charge in [0.15, 0.2) is 0 Å². The van der Waals surface area contributed by atoms with E-state index in [0.29, 0.717) is 5.56 Å². The summed E-state index contributed by atoms with van der Waals surface area (Å²) < 4.78 is 0. The van der Waals surface area contributed by atoms with Crippen LogP contribution >= 0.6 is 0 Å². The van der Waals surface area contributed by atoms with Gasteiger partial charge in [0.05, 0.1) is 6.61 Å². The van der Waals surface area contributed by atoms with E-state index >= 15 is 0 Å². The van der Waals surface area contributed by atoms with Crippen molar-refractivity contribution in [2.24, 2.45) is 0 Å². The largest absolute Gasteiger partial charge is 2.00 e. The molecule has 2 N–H and O–H groups in total. The van der Waals surface area contributed by atoms with E-state index < -0.39 is 5.60 Å². The Bertz CT molecular complexity index is 364. The Morgan fingerprint density at radius 3 is 1.67 bits per heavy atom. The molecule has 0 bridgehead atoms. The zero-order chi connectivity index (χ0) is 14.3. The summed E-state index contributed by atoms with van der Waals surface area (Å²) in [5.41, 5.74) is -0.580. The summed E-state index contributed by atoms with van der Waals surface area (Å²) in [5, 5.41) is 19.8. The van der Waals surface area contributed by atoms with E-state index in [2.05, 4.69) is 0 Å². The van der Waals surface area contributed by atoms with Gasteiger partial charge in [0.2, 0.25) is 0 Å². The Balaban J connectivity index is 0.000000313. The summed E-state index contributed by atoms with van der Waals surface area (Å²) in [5.74, 6) is 0.719. The van der Waals surface area contributed by atoms with Gasteiger partial charge < -0.3 is 10.2 Å². The smallest absolute Gasteiger partial charge is 0.393 e. The van der Waals surface area contributed by atoms with E-state index in [1.54, 1.807) is 0 Å². The minimum atomic E-state index is -1.29. The fraction of sp³-hybridized carbons (Fsp3) is 0.111. The van der Waals surface area contributed by atoms with E-state index in [4.69, 9.17) is 0 Å². The van der Waals surface area contributed by atoms with Gasteiger partial charge in [-0.25, -0.2) is 0 Å². The Morgan fingerprint density at radius 1 is 0.762 bits per heavy atom. The summed E-state index contributed by atoms with van der Waals surface area (Å²) in [6.45, 7) is -0.318. The predicted molar refractivity (Wildman–Crippen MR) is 79.4 cm³/mol. The van der Waals surface area contributed by atoms with Crippen LogP contribution in [0, 0.1) is 63.7 Å². The minimum absolute atomic E-state index is 0. The third kappa shape index (κ3) is 5.10. The number of benzene rings is 1. The molecule has 2 aliphatic rings. The number of aliphatic hydroxyl groups is 2. The van der Waals surface area contributed by atoms with Crippen LogP contribution in [-0.4, -0.2) is 16.8 Å². The Labute approximate surface area is 139 Å². The molecule has 2 aliphatic carbocycles. The fourth-order valence-corrected chi connectivity index (χ4v) is 2.03. The topological polar surface area (TPSA) is 40.5 Å². The molecule has 2 nitrogen and oxygen atoms in total. The first-order chi connectivity index (χ1) is 9.77. The zero-order valence-corrected chi connectivity index (χ0v) is 12.6. The summed E-state index contributed by atoms with van der Waals surface area (Å²) >= 11 is 0. The first kappa shape index (κ1) is 18.7. The molecule has 0 aliphatic heterocycles. The Kier molecular flexibility index (Phi) is 8.58. The fourth-order valence-electron chi connectivity index (χ4n) is 2.03. The monoisotopic (exact) mass is 322 g/mol. The van der Waals surface area contributed by atoms with Crippen molar-refractivity contribution in [3.05, 3.63) is 99.6 Å². The van der Waals surface area contributed by atoms with Crippen molar-refractivity contribution >= 4 is 0 Å². The second kappa shape index (κ2) is 9.63. The molecule has 0 spiro atoms. The van der Waals surface area contributed by atoms with E-state index in [-0.39, 0.29) is 23.7 Å². The molecule has 1 aromatic rings. The molecule has 0 aromatic heterocycles. The number of rotatable bonds is 3. The summed E-state index contributed by atoms with van der Waals surface area (Å²) in [4.78, 5) is 0. The maximum absolute atomic E-state index is 10.4. The van der Waals surface area contributed by atoms with Crippen LogP contribution in [0.2, 0.25) is 0 Å². The molecule has 1 atom stereocenters. The standard InChI is InChI=1S/C13H13O2.C5H5.Fe/c14-10-13(15,12-8-4-5-9-12)11-6-2-1-3-7-11;1-2-4-5-3-1;/h1-9,14-15H,10H2;1-5H;/q;;+2/t13-;;/m1../s1. The van der Waals surface area contributed by atoms with Gasteiger partial charge in [-0.2, -0.15) is 0 Å². The molecule has 0 unspecified atom stereocenters. The number of aliphatic hydroxyl groups excluding tert-OH is 1. The van der Waals surface area contributed by atoms with Crippen LogP contribution in [-0.2, 0) is 22.7 Å². The van der Waals surface area contributed by atoms with Gasteiger partial charge in [-0.1, -0.05) is 30.3 Å². The molecule has 108 valence electrons. The van der Waals surface area contributed by atoms with Crippen molar-refractivity contribution in [1.29, 1.82) is 0 Å². The maximum Gasteiger partial charge on any atom is 2.00 e. The van der Waals surface area contributed by atoms with Crippen molar-refractivity contribution < 1.29 is 27.3 Å². The van der Waals surface area contributed by atoms with Crippen molar-refractivity contribution in [1.82, 2.24) is 0 Å². The van der Waals surface area contributed by atoms with Crippen molar-refractivity contribution in [3.63, 3.8) is 0 Å². The second-order valence-corrected chi connectivity index (χ2v) is 4.52. The van der Waals surface area contributed by atoms with Crippen LogP contribution in [0.5, 0.6) is 0 Å². The SMILES string of the molecule is OC[C@](O)([C]1[CH][CH][CH][CH]1)c1ccccc1.[CH]1[CH][CH][CH][CH]1.[Fe+2]. The number of hydrogen-bond acceptors (Lipinski definition) is 2. The van der Waals surface area contributed by atoms with Crippen LogP contribution < -0.4 is 0 Å². The van der Waals surface area contributed by atoms with Crippen LogP contribution in [0.15, 0.2) is 30.3 Å². The molecule has 3 heteroatoms. The Hall–Kier alpha value is -0.341. The average molecular weight is 322 g/mol. The average Bonchev–Trinajstić information content (AvgIpc) is 3.22. The van der Waals surface area contributed by atoms with E-state index in [1.807, 2.05) is 88.1 Å². The predicted octanol–water partition coefficient (Wildman–Crippen LogP) is 2.29. The van der Waals surface area contributed by atoms with Crippen molar-refractivity contribution in [2.75, 3.05) is 6.61 Å². The molecule has 0 saturated heterocycles. The van der Waals surface area contributed by atoms with E-state index in [1.165, 1.54) is 0 Å². The third-order valence-corrected chi connectivity index (χ3v) is 3.18. The normalized spacial score (nSPS) is 21.0. The molecule has 0 amide bonds. The van der Waals surface area contributed by atoms with Gasteiger partial charge in [0.1, 0.15) is 5.60 Å². The zero-order valence-electron chi connectivity index (χ0n) is 11.5. The quantitative estimate of drug-likeness (QED) is 0.839. The first-order valence-corrected chi connectivity index (χ1v) is 6.55. The molecule has 3 rings (SSSR count). The van der Waals surface area contributed by atoms with Crippen LogP contribution in [0.1, 0.15) is 5.56 Å². The molecule has 2 saturated carbocycles. The molecule has 1 aromatic carbocycles. The van der Waals surface area contributed by atoms with Gasteiger partial charge in [0, 0.05) is 5.92 Å². The minimum Gasteiger partial charge on any atom is -0.393 e. The first-order valence-electron chi connectivity index (χ1n) is 6.55. The molecule has 2 fully saturated rings. The second-order valence-electron chi connectivity index (χ2n) is 4.52. The maximum atomic E-state index is 10.4. The summed E-state index contributed by atoms with van der Waals surface area (Å²) in [6, 6.07) is 9.19. The molecular formula is C18H18FeO2+2.